The number of carbonyl (C=O) groups is 2. The van der Waals surface area contributed by atoms with Gasteiger partial charge in [0, 0.05) is 37.7 Å². The Hall–Kier alpha value is -3.16. The number of nitrogens with zero attached hydrogens (tertiary/aromatic N) is 2. The van der Waals surface area contributed by atoms with Crippen LogP contribution in [-0.4, -0.2) is 48.0 Å². The molecule has 0 bridgehead atoms. The SMILES string of the molecule is CCOCCCN(CC(=O)N(Cc1ccccc1)Cc1cccs1)C(=O)NCc1ccccc1. The molecular weight excluding hydrogens is 446 g/mol. The lowest BCUT2D eigenvalue weighted by Gasteiger charge is -2.28. The van der Waals surface area contributed by atoms with E-state index in [9.17, 15) is 9.59 Å². The van der Waals surface area contributed by atoms with Gasteiger partial charge in [0.1, 0.15) is 6.54 Å². The fourth-order valence-corrected chi connectivity index (χ4v) is 4.25. The lowest BCUT2D eigenvalue weighted by molar-refractivity contribution is -0.133. The van der Waals surface area contributed by atoms with Gasteiger partial charge in [0.2, 0.25) is 5.91 Å². The highest BCUT2D eigenvalue weighted by Crippen LogP contribution is 2.15. The van der Waals surface area contributed by atoms with E-state index in [4.69, 9.17) is 4.74 Å². The van der Waals surface area contributed by atoms with Crippen molar-refractivity contribution in [2.45, 2.75) is 33.0 Å². The van der Waals surface area contributed by atoms with E-state index < -0.39 is 0 Å². The molecule has 34 heavy (non-hydrogen) atoms. The topological polar surface area (TPSA) is 61.9 Å². The summed E-state index contributed by atoms with van der Waals surface area (Å²) < 4.78 is 5.44. The Morgan fingerprint density at radius 3 is 2.24 bits per heavy atom. The first kappa shape index (κ1) is 25.5. The minimum Gasteiger partial charge on any atom is -0.382 e. The van der Waals surface area contributed by atoms with Crippen LogP contribution in [0.25, 0.3) is 0 Å². The number of carbonyl (C=O) groups excluding carboxylic acids is 2. The van der Waals surface area contributed by atoms with Crippen molar-refractivity contribution in [1.82, 2.24) is 15.1 Å². The number of hydrogen-bond donors (Lipinski definition) is 1. The lowest BCUT2D eigenvalue weighted by atomic mass is 10.2. The average molecular weight is 480 g/mol. The van der Waals surface area contributed by atoms with Gasteiger partial charge in [-0.3, -0.25) is 4.79 Å². The van der Waals surface area contributed by atoms with E-state index in [1.807, 2.05) is 90.0 Å². The van der Waals surface area contributed by atoms with E-state index in [1.54, 1.807) is 16.2 Å². The second-order valence-electron chi connectivity index (χ2n) is 7.93. The van der Waals surface area contributed by atoms with Gasteiger partial charge in [-0.25, -0.2) is 4.79 Å². The molecule has 7 heteroatoms. The largest absolute Gasteiger partial charge is 0.382 e. The summed E-state index contributed by atoms with van der Waals surface area (Å²) in [5, 5.41) is 4.97. The third-order valence-electron chi connectivity index (χ3n) is 5.32. The van der Waals surface area contributed by atoms with Crippen LogP contribution in [0.4, 0.5) is 4.79 Å². The molecule has 0 fully saturated rings. The summed E-state index contributed by atoms with van der Waals surface area (Å²) in [4.78, 5) is 31.0. The Morgan fingerprint density at radius 1 is 0.882 bits per heavy atom. The monoisotopic (exact) mass is 479 g/mol. The molecule has 0 spiro atoms. The summed E-state index contributed by atoms with van der Waals surface area (Å²) in [6.07, 6.45) is 0.670. The molecule has 0 radical (unpaired) electrons. The molecule has 0 aliphatic rings. The zero-order chi connectivity index (χ0) is 24.0. The number of thiophene rings is 1. The number of hydrogen-bond acceptors (Lipinski definition) is 4. The standard InChI is InChI=1S/C27H33N3O3S/c1-2-33-17-10-16-29(27(32)28-19-23-11-5-3-6-12-23)22-26(31)30(21-25-15-9-18-34-25)20-24-13-7-4-8-14-24/h3-9,11-15,18H,2,10,16-17,19-22H2,1H3,(H,28,32). The molecule has 0 saturated carbocycles. The maximum absolute atomic E-state index is 13.4. The number of ether oxygens (including phenoxy) is 1. The molecule has 180 valence electrons. The van der Waals surface area contributed by atoms with Crippen LogP contribution in [0.2, 0.25) is 0 Å². The molecule has 0 atom stereocenters. The summed E-state index contributed by atoms with van der Waals surface area (Å²) in [6.45, 7) is 5.02. The molecule has 0 unspecified atom stereocenters. The molecule has 0 aliphatic carbocycles. The van der Waals surface area contributed by atoms with Crippen LogP contribution in [0, 0.1) is 0 Å². The molecule has 1 N–H and O–H groups in total. The van der Waals surface area contributed by atoms with E-state index in [2.05, 4.69) is 5.32 Å². The summed E-state index contributed by atoms with van der Waals surface area (Å²) in [6, 6.07) is 23.5. The lowest BCUT2D eigenvalue weighted by Crippen LogP contribution is -2.46. The maximum atomic E-state index is 13.4. The Labute approximate surface area is 206 Å². The zero-order valence-electron chi connectivity index (χ0n) is 19.7. The van der Waals surface area contributed by atoms with Gasteiger partial charge in [-0.05, 0) is 35.9 Å². The van der Waals surface area contributed by atoms with Gasteiger partial charge in [-0.2, -0.15) is 0 Å². The molecule has 0 saturated heterocycles. The van der Waals surface area contributed by atoms with Crippen molar-refractivity contribution in [1.29, 1.82) is 0 Å². The van der Waals surface area contributed by atoms with Crippen molar-refractivity contribution in [2.75, 3.05) is 26.3 Å². The number of urea groups is 1. The van der Waals surface area contributed by atoms with Crippen LogP contribution in [-0.2, 0) is 29.2 Å². The summed E-state index contributed by atoms with van der Waals surface area (Å²) in [5.41, 5.74) is 2.07. The number of rotatable bonds is 13. The van der Waals surface area contributed by atoms with Crippen LogP contribution in [0.3, 0.4) is 0 Å². The summed E-state index contributed by atoms with van der Waals surface area (Å²) >= 11 is 1.63. The number of amides is 3. The first-order chi connectivity index (χ1) is 16.7. The van der Waals surface area contributed by atoms with Gasteiger partial charge in [-0.15, -0.1) is 11.3 Å². The Morgan fingerprint density at radius 2 is 1.59 bits per heavy atom. The van der Waals surface area contributed by atoms with Crippen molar-refractivity contribution < 1.29 is 14.3 Å². The molecular formula is C27H33N3O3S. The summed E-state index contributed by atoms with van der Waals surface area (Å²) in [7, 11) is 0. The third kappa shape index (κ3) is 8.65. The van der Waals surface area contributed by atoms with Crippen LogP contribution in [0.1, 0.15) is 29.3 Å². The quantitative estimate of drug-likeness (QED) is 0.354. The Kier molecular flexibility index (Phi) is 10.6. The first-order valence-electron chi connectivity index (χ1n) is 11.6. The summed E-state index contributed by atoms with van der Waals surface area (Å²) in [5.74, 6) is -0.0801. The molecule has 3 amide bonds. The van der Waals surface area contributed by atoms with E-state index >= 15 is 0 Å². The van der Waals surface area contributed by atoms with E-state index in [-0.39, 0.29) is 18.5 Å². The molecule has 0 aliphatic heterocycles. The van der Waals surface area contributed by atoms with E-state index in [1.165, 1.54) is 0 Å². The Bertz CT molecular complexity index is 981. The maximum Gasteiger partial charge on any atom is 0.318 e. The highest BCUT2D eigenvalue weighted by molar-refractivity contribution is 7.09. The molecule has 2 aromatic carbocycles. The minimum atomic E-state index is -0.246. The second kappa shape index (κ2) is 14.2. The minimum absolute atomic E-state index is 0.0188. The van der Waals surface area contributed by atoms with Crippen LogP contribution >= 0.6 is 11.3 Å². The van der Waals surface area contributed by atoms with E-state index in [0.29, 0.717) is 45.8 Å². The number of nitrogens with one attached hydrogen (secondary N) is 1. The number of benzene rings is 2. The smallest absolute Gasteiger partial charge is 0.318 e. The van der Waals surface area contributed by atoms with Gasteiger partial charge in [0.15, 0.2) is 0 Å². The molecule has 1 aromatic heterocycles. The zero-order valence-corrected chi connectivity index (χ0v) is 20.5. The average Bonchev–Trinajstić information content (AvgIpc) is 3.38. The third-order valence-corrected chi connectivity index (χ3v) is 6.18. The van der Waals surface area contributed by atoms with Gasteiger partial charge in [-0.1, -0.05) is 66.7 Å². The van der Waals surface area contributed by atoms with Gasteiger partial charge >= 0.3 is 6.03 Å². The molecule has 1 heterocycles. The molecule has 6 nitrogen and oxygen atoms in total. The normalized spacial score (nSPS) is 10.6. The highest BCUT2D eigenvalue weighted by Gasteiger charge is 2.22. The van der Waals surface area contributed by atoms with Crippen molar-refractivity contribution in [3.05, 3.63) is 94.2 Å². The fraction of sp³-hybridized carbons (Fsp3) is 0.333. The van der Waals surface area contributed by atoms with Crippen molar-refractivity contribution in [2.24, 2.45) is 0 Å². The van der Waals surface area contributed by atoms with Crippen molar-refractivity contribution >= 4 is 23.3 Å². The molecule has 3 aromatic rings. The van der Waals surface area contributed by atoms with Gasteiger partial charge < -0.3 is 19.9 Å². The molecule has 3 rings (SSSR count). The highest BCUT2D eigenvalue weighted by atomic mass is 32.1. The van der Waals surface area contributed by atoms with E-state index in [0.717, 1.165) is 16.0 Å². The van der Waals surface area contributed by atoms with Crippen molar-refractivity contribution in [3.63, 3.8) is 0 Å². The second-order valence-corrected chi connectivity index (χ2v) is 8.96. The predicted octanol–water partition coefficient (Wildman–Crippen LogP) is 4.92. The van der Waals surface area contributed by atoms with Crippen LogP contribution in [0.5, 0.6) is 0 Å². The first-order valence-corrected chi connectivity index (χ1v) is 12.5. The van der Waals surface area contributed by atoms with Crippen LogP contribution < -0.4 is 5.32 Å². The Balaban J connectivity index is 1.68. The van der Waals surface area contributed by atoms with Crippen LogP contribution in [0.15, 0.2) is 78.2 Å². The fourth-order valence-electron chi connectivity index (χ4n) is 3.53. The predicted molar refractivity (Wildman–Crippen MR) is 136 cm³/mol. The van der Waals surface area contributed by atoms with Gasteiger partial charge in [0.05, 0.1) is 6.54 Å². The van der Waals surface area contributed by atoms with Gasteiger partial charge in [0.25, 0.3) is 0 Å². The van der Waals surface area contributed by atoms with Crippen molar-refractivity contribution in [3.8, 4) is 0 Å².